The first-order valence-electron chi connectivity index (χ1n) is 14.0. The van der Waals surface area contributed by atoms with Crippen LogP contribution in [0.4, 0.5) is 0 Å². The average Bonchev–Trinajstić information content (AvgIpc) is 3.65. The summed E-state index contributed by atoms with van der Waals surface area (Å²) < 4.78 is 4.28. The molecular formula is C39H19N3S2. The molecule has 0 bridgehead atoms. The lowest BCUT2D eigenvalue weighted by molar-refractivity contribution is 1.48. The largest absolute Gasteiger partial charge is 0.192 e. The molecule has 2 heterocycles. The minimum absolute atomic E-state index is 0.628. The van der Waals surface area contributed by atoms with Crippen LogP contribution in [0, 0.1) is 34.0 Å². The van der Waals surface area contributed by atoms with Crippen LogP contribution in [0.25, 0.3) is 73.7 Å². The van der Waals surface area contributed by atoms with Gasteiger partial charge in [0.25, 0.3) is 0 Å². The highest BCUT2D eigenvalue weighted by atomic mass is 32.1. The highest BCUT2D eigenvalue weighted by Crippen LogP contribution is 2.42. The van der Waals surface area contributed by atoms with Gasteiger partial charge in [-0.05, 0) is 81.9 Å². The average molecular weight is 594 g/mol. The fourth-order valence-corrected chi connectivity index (χ4v) is 8.49. The molecule has 8 rings (SSSR count). The van der Waals surface area contributed by atoms with Crippen molar-refractivity contribution >= 4 is 63.0 Å². The van der Waals surface area contributed by atoms with Crippen LogP contribution in [0.3, 0.4) is 0 Å². The SMILES string of the molecule is N#Cc1ccccc1-c1cc(-c2ccc3c(c2)sc2c(C#N)cccc23)cc(-c2ccc3c(c2)sc2c(C#N)cccc23)c1. The Bertz CT molecular complexity index is 2450. The van der Waals surface area contributed by atoms with E-state index in [1.807, 2.05) is 48.5 Å². The first kappa shape index (κ1) is 25.9. The van der Waals surface area contributed by atoms with Crippen molar-refractivity contribution in [1.82, 2.24) is 0 Å². The molecule has 0 saturated heterocycles. The lowest BCUT2D eigenvalue weighted by atomic mass is 9.91. The van der Waals surface area contributed by atoms with Gasteiger partial charge in [0.2, 0.25) is 0 Å². The Balaban J connectivity index is 1.35. The van der Waals surface area contributed by atoms with Crippen LogP contribution in [0.15, 0.2) is 115 Å². The molecule has 2 aromatic heterocycles. The van der Waals surface area contributed by atoms with Gasteiger partial charge in [-0.2, -0.15) is 15.8 Å². The number of benzene rings is 6. The van der Waals surface area contributed by atoms with E-state index in [1.165, 1.54) is 0 Å². The molecule has 0 atom stereocenters. The van der Waals surface area contributed by atoms with Crippen LogP contribution in [0.1, 0.15) is 16.7 Å². The lowest BCUT2D eigenvalue weighted by Gasteiger charge is -2.12. The second kappa shape index (κ2) is 10.2. The Morgan fingerprint density at radius 1 is 0.386 bits per heavy atom. The molecule has 0 aliphatic carbocycles. The summed E-state index contributed by atoms with van der Waals surface area (Å²) in [5.41, 5.74) is 8.12. The van der Waals surface area contributed by atoms with Gasteiger partial charge in [-0.3, -0.25) is 0 Å². The zero-order chi connectivity index (χ0) is 29.8. The van der Waals surface area contributed by atoms with Crippen LogP contribution < -0.4 is 0 Å². The van der Waals surface area contributed by atoms with E-state index in [9.17, 15) is 15.8 Å². The zero-order valence-corrected chi connectivity index (χ0v) is 24.8. The zero-order valence-electron chi connectivity index (χ0n) is 23.1. The number of nitriles is 3. The Morgan fingerprint density at radius 2 is 0.864 bits per heavy atom. The molecule has 0 saturated carbocycles. The van der Waals surface area contributed by atoms with Crippen molar-refractivity contribution in [2.24, 2.45) is 0 Å². The van der Waals surface area contributed by atoms with Crippen molar-refractivity contribution in [2.75, 3.05) is 0 Å². The van der Waals surface area contributed by atoms with Gasteiger partial charge >= 0.3 is 0 Å². The standard InChI is InChI=1S/C39H19N3S2/c40-20-25-5-1-2-8-31(25)30-16-28(23-11-13-32-34-9-3-6-26(21-41)38(34)43-36(32)18-23)15-29(17-30)24-12-14-33-35-10-4-7-27(22-42)39(35)44-37(33)19-24/h1-19H. The van der Waals surface area contributed by atoms with Gasteiger partial charge in [0.05, 0.1) is 32.2 Å². The van der Waals surface area contributed by atoms with E-state index in [0.29, 0.717) is 16.7 Å². The molecule has 202 valence electrons. The van der Waals surface area contributed by atoms with Gasteiger partial charge in [0, 0.05) is 30.9 Å². The lowest BCUT2D eigenvalue weighted by Crippen LogP contribution is -1.88. The van der Waals surface area contributed by atoms with E-state index >= 15 is 0 Å². The van der Waals surface area contributed by atoms with E-state index in [4.69, 9.17) is 0 Å². The third-order valence-corrected chi connectivity index (χ3v) is 10.6. The number of hydrogen-bond donors (Lipinski definition) is 0. The highest BCUT2D eigenvalue weighted by Gasteiger charge is 2.15. The Kier molecular flexibility index (Phi) is 6.00. The maximum absolute atomic E-state index is 9.92. The fraction of sp³-hybridized carbons (Fsp3) is 0. The van der Waals surface area contributed by atoms with Gasteiger partial charge in [-0.25, -0.2) is 0 Å². The predicted molar refractivity (Wildman–Crippen MR) is 183 cm³/mol. The van der Waals surface area contributed by atoms with Crippen LogP contribution in [-0.4, -0.2) is 0 Å². The Hall–Kier alpha value is -5.77. The van der Waals surface area contributed by atoms with Gasteiger partial charge in [-0.1, -0.05) is 66.7 Å². The molecule has 0 N–H and O–H groups in total. The summed E-state index contributed by atoms with van der Waals surface area (Å²) in [5, 5.41) is 33.7. The summed E-state index contributed by atoms with van der Waals surface area (Å²) >= 11 is 3.30. The van der Waals surface area contributed by atoms with Crippen molar-refractivity contribution in [3.63, 3.8) is 0 Å². The van der Waals surface area contributed by atoms with Gasteiger partial charge in [0.15, 0.2) is 0 Å². The molecule has 44 heavy (non-hydrogen) atoms. The van der Waals surface area contributed by atoms with Crippen LogP contribution in [0.5, 0.6) is 0 Å². The maximum Gasteiger partial charge on any atom is 0.101 e. The highest BCUT2D eigenvalue weighted by molar-refractivity contribution is 7.26. The van der Waals surface area contributed by atoms with Gasteiger partial charge in [-0.15, -0.1) is 22.7 Å². The van der Waals surface area contributed by atoms with E-state index in [1.54, 1.807) is 22.7 Å². The number of hydrogen-bond acceptors (Lipinski definition) is 5. The molecule has 0 aliphatic heterocycles. The molecule has 0 aliphatic rings. The van der Waals surface area contributed by atoms with E-state index in [-0.39, 0.29) is 0 Å². The van der Waals surface area contributed by atoms with Crippen molar-refractivity contribution in [3.8, 4) is 51.6 Å². The topological polar surface area (TPSA) is 71.4 Å². The van der Waals surface area contributed by atoms with Crippen molar-refractivity contribution in [1.29, 1.82) is 15.8 Å². The Morgan fingerprint density at radius 3 is 1.39 bits per heavy atom. The molecule has 0 fully saturated rings. The molecule has 0 spiro atoms. The first-order valence-corrected chi connectivity index (χ1v) is 15.6. The molecule has 3 nitrogen and oxygen atoms in total. The van der Waals surface area contributed by atoms with E-state index in [0.717, 1.165) is 73.7 Å². The number of thiophene rings is 2. The minimum atomic E-state index is 0.628. The summed E-state index contributed by atoms with van der Waals surface area (Å²) in [6, 6.07) is 46.1. The van der Waals surface area contributed by atoms with Crippen molar-refractivity contribution in [2.45, 2.75) is 0 Å². The monoisotopic (exact) mass is 593 g/mol. The van der Waals surface area contributed by atoms with Crippen LogP contribution in [-0.2, 0) is 0 Å². The van der Waals surface area contributed by atoms with Crippen molar-refractivity contribution in [3.05, 3.63) is 132 Å². The quantitative estimate of drug-likeness (QED) is 0.205. The predicted octanol–water partition coefficient (Wildman–Crippen LogP) is 11.0. The molecular weight excluding hydrogens is 575 g/mol. The maximum atomic E-state index is 9.92. The van der Waals surface area contributed by atoms with Crippen LogP contribution >= 0.6 is 22.7 Å². The van der Waals surface area contributed by atoms with Crippen molar-refractivity contribution < 1.29 is 0 Å². The first-order chi connectivity index (χ1) is 21.6. The molecule has 0 amide bonds. The second-order valence-corrected chi connectivity index (χ2v) is 12.8. The molecule has 0 unspecified atom stereocenters. The van der Waals surface area contributed by atoms with E-state index in [2.05, 4.69) is 84.9 Å². The third kappa shape index (κ3) is 4.06. The van der Waals surface area contributed by atoms with Crippen LogP contribution in [0.2, 0.25) is 0 Å². The number of rotatable bonds is 3. The molecule has 0 radical (unpaired) electrons. The fourth-order valence-electron chi connectivity index (χ4n) is 6.08. The normalized spacial score (nSPS) is 11.1. The number of nitrogens with zero attached hydrogens (tertiary/aromatic N) is 3. The minimum Gasteiger partial charge on any atom is -0.192 e. The van der Waals surface area contributed by atoms with E-state index < -0.39 is 0 Å². The Labute approximate surface area is 261 Å². The summed E-state index contributed by atoms with van der Waals surface area (Å²) in [6.45, 7) is 0. The summed E-state index contributed by atoms with van der Waals surface area (Å²) in [4.78, 5) is 0. The molecule has 6 aromatic carbocycles. The smallest absolute Gasteiger partial charge is 0.101 e. The summed E-state index contributed by atoms with van der Waals surface area (Å²) in [6.07, 6.45) is 0. The third-order valence-electron chi connectivity index (χ3n) is 8.20. The second-order valence-electron chi connectivity index (χ2n) is 10.7. The summed E-state index contributed by atoms with van der Waals surface area (Å²) in [5.74, 6) is 0. The summed E-state index contributed by atoms with van der Waals surface area (Å²) in [7, 11) is 0. The van der Waals surface area contributed by atoms with Gasteiger partial charge in [0.1, 0.15) is 12.1 Å². The van der Waals surface area contributed by atoms with Gasteiger partial charge < -0.3 is 0 Å². The molecule has 5 heteroatoms. The number of fused-ring (bicyclic) bond motifs is 6. The molecule has 8 aromatic rings.